The van der Waals surface area contributed by atoms with Gasteiger partial charge in [-0.05, 0) is 90.9 Å². The largest absolute Gasteiger partial charge is 0.494 e. The molecule has 186 valence electrons. The number of nitrogens with one attached hydrogen (secondary N) is 1. The van der Waals surface area contributed by atoms with E-state index in [1.165, 1.54) is 5.56 Å². The van der Waals surface area contributed by atoms with Crippen LogP contribution < -0.4 is 19.6 Å². The minimum Gasteiger partial charge on any atom is -0.494 e. The minimum atomic E-state index is -0.446. The van der Waals surface area contributed by atoms with Crippen molar-refractivity contribution in [3.8, 4) is 17.2 Å². The second-order valence-electron chi connectivity index (χ2n) is 7.98. The molecule has 1 aromatic heterocycles. The van der Waals surface area contributed by atoms with Gasteiger partial charge in [0.15, 0.2) is 17.3 Å². The Bertz CT molecular complexity index is 1400. The van der Waals surface area contributed by atoms with Crippen LogP contribution in [0.4, 0.5) is 0 Å². The van der Waals surface area contributed by atoms with E-state index in [0.29, 0.717) is 36.9 Å². The summed E-state index contributed by atoms with van der Waals surface area (Å²) in [5.41, 5.74) is 6.15. The Morgan fingerprint density at radius 3 is 2.64 bits per heavy atom. The molecule has 0 bridgehead atoms. The Kier molecular flexibility index (Phi) is 8.48. The fourth-order valence-corrected chi connectivity index (χ4v) is 4.41. The Morgan fingerprint density at radius 1 is 1.03 bits per heavy atom. The Balaban J connectivity index is 1.45. The fraction of sp³-hybridized carbons (Fsp3) is 0.214. The number of ether oxygens (including phenoxy) is 3. The van der Waals surface area contributed by atoms with E-state index in [4.69, 9.17) is 18.6 Å². The standard InChI is InChI=1S/C28H27IN2O5/c1-4-33-22-9-10-24-21(14-22)15-26(36-24)28(32)31-30-16-20-12-23(29)27(25(13-20)34-5-2)35-17-19-8-6-7-18(3)11-19/h6-16H,4-5,17H2,1-3H3,(H,31,32)/b30-16+. The molecule has 0 saturated heterocycles. The molecule has 1 amide bonds. The van der Waals surface area contributed by atoms with Crippen molar-refractivity contribution in [3.63, 3.8) is 0 Å². The number of carbonyl (C=O) groups excluding carboxylic acids is 1. The predicted molar refractivity (Wildman–Crippen MR) is 148 cm³/mol. The highest BCUT2D eigenvalue weighted by molar-refractivity contribution is 14.1. The number of furan rings is 1. The van der Waals surface area contributed by atoms with E-state index in [1.54, 1.807) is 24.4 Å². The van der Waals surface area contributed by atoms with Crippen molar-refractivity contribution in [1.82, 2.24) is 5.43 Å². The summed E-state index contributed by atoms with van der Waals surface area (Å²) in [5.74, 6) is 1.74. The van der Waals surface area contributed by atoms with E-state index in [9.17, 15) is 4.79 Å². The third-order valence-electron chi connectivity index (χ3n) is 5.20. The zero-order valence-corrected chi connectivity index (χ0v) is 22.5. The SMILES string of the molecule is CCOc1ccc2oc(C(=O)N/N=C/c3cc(I)c(OCc4cccc(C)c4)c(OCC)c3)cc2c1. The molecule has 0 saturated carbocycles. The highest BCUT2D eigenvalue weighted by Gasteiger charge is 2.14. The third-order valence-corrected chi connectivity index (χ3v) is 6.00. The molecule has 0 aliphatic carbocycles. The maximum absolute atomic E-state index is 12.6. The van der Waals surface area contributed by atoms with Gasteiger partial charge in [-0.3, -0.25) is 4.79 Å². The molecule has 0 fully saturated rings. The summed E-state index contributed by atoms with van der Waals surface area (Å²) in [6.45, 7) is 7.38. The zero-order valence-electron chi connectivity index (χ0n) is 20.3. The molecule has 0 atom stereocenters. The lowest BCUT2D eigenvalue weighted by Gasteiger charge is -2.15. The molecule has 0 spiro atoms. The molecule has 4 aromatic rings. The summed E-state index contributed by atoms with van der Waals surface area (Å²) < 4.78 is 23.9. The van der Waals surface area contributed by atoms with Crippen LogP contribution in [0.25, 0.3) is 11.0 Å². The number of fused-ring (bicyclic) bond motifs is 1. The van der Waals surface area contributed by atoms with Gasteiger partial charge in [-0.2, -0.15) is 5.10 Å². The molecule has 0 radical (unpaired) electrons. The normalized spacial score (nSPS) is 11.1. The van der Waals surface area contributed by atoms with Crippen molar-refractivity contribution in [1.29, 1.82) is 0 Å². The first-order valence-corrected chi connectivity index (χ1v) is 12.7. The Hall–Kier alpha value is -3.53. The number of halogens is 1. The first-order chi connectivity index (χ1) is 17.5. The predicted octanol–water partition coefficient (Wildman–Crippen LogP) is 6.49. The van der Waals surface area contributed by atoms with E-state index in [1.807, 2.05) is 44.2 Å². The fourth-order valence-electron chi connectivity index (χ4n) is 3.63. The van der Waals surface area contributed by atoms with Crippen molar-refractivity contribution < 1.29 is 23.4 Å². The van der Waals surface area contributed by atoms with Gasteiger partial charge < -0.3 is 18.6 Å². The average Bonchev–Trinajstić information content (AvgIpc) is 3.28. The summed E-state index contributed by atoms with van der Waals surface area (Å²) in [6, 6.07) is 19.0. The molecule has 36 heavy (non-hydrogen) atoms. The Labute approximate surface area is 223 Å². The molecule has 1 N–H and O–H groups in total. The highest BCUT2D eigenvalue weighted by atomic mass is 127. The van der Waals surface area contributed by atoms with Crippen LogP contribution in [0.3, 0.4) is 0 Å². The van der Waals surface area contributed by atoms with Gasteiger partial charge >= 0.3 is 5.91 Å². The smallest absolute Gasteiger partial charge is 0.307 e. The van der Waals surface area contributed by atoms with Crippen LogP contribution in [0, 0.1) is 10.5 Å². The molecule has 0 aliphatic heterocycles. The van der Waals surface area contributed by atoms with Gasteiger partial charge in [-0.25, -0.2) is 5.43 Å². The number of hydrogen-bond acceptors (Lipinski definition) is 6. The number of aryl methyl sites for hydroxylation is 1. The number of rotatable bonds is 10. The third kappa shape index (κ3) is 6.37. The summed E-state index contributed by atoms with van der Waals surface area (Å²) in [7, 11) is 0. The van der Waals surface area contributed by atoms with Gasteiger partial charge in [-0.15, -0.1) is 0 Å². The highest BCUT2D eigenvalue weighted by Crippen LogP contribution is 2.34. The van der Waals surface area contributed by atoms with E-state index < -0.39 is 5.91 Å². The number of benzene rings is 3. The molecule has 0 aliphatic rings. The van der Waals surface area contributed by atoms with Crippen LogP contribution in [-0.2, 0) is 6.61 Å². The van der Waals surface area contributed by atoms with Crippen LogP contribution in [0.15, 0.2) is 70.2 Å². The monoisotopic (exact) mass is 598 g/mol. The topological polar surface area (TPSA) is 82.3 Å². The molecule has 7 nitrogen and oxygen atoms in total. The molecule has 3 aromatic carbocycles. The number of hydrazone groups is 1. The van der Waals surface area contributed by atoms with E-state index in [-0.39, 0.29) is 5.76 Å². The first kappa shape index (κ1) is 25.6. The van der Waals surface area contributed by atoms with Crippen LogP contribution in [0.1, 0.15) is 41.1 Å². The molecule has 1 heterocycles. The summed E-state index contributed by atoms with van der Waals surface area (Å²) in [6.07, 6.45) is 1.56. The molecule has 4 rings (SSSR count). The van der Waals surface area contributed by atoms with E-state index in [0.717, 1.165) is 25.8 Å². The van der Waals surface area contributed by atoms with Gasteiger partial charge in [0.1, 0.15) is 17.9 Å². The molecular formula is C28H27IN2O5. The number of carbonyl (C=O) groups is 1. The van der Waals surface area contributed by atoms with E-state index >= 15 is 0 Å². The van der Waals surface area contributed by atoms with Gasteiger partial charge in [0.25, 0.3) is 0 Å². The lowest BCUT2D eigenvalue weighted by molar-refractivity contribution is 0.0929. The van der Waals surface area contributed by atoms with Gasteiger partial charge in [0.2, 0.25) is 0 Å². The molecular weight excluding hydrogens is 571 g/mol. The van der Waals surface area contributed by atoms with Crippen molar-refractivity contribution in [2.45, 2.75) is 27.4 Å². The maximum Gasteiger partial charge on any atom is 0.307 e. The van der Waals surface area contributed by atoms with Gasteiger partial charge in [0.05, 0.1) is 23.0 Å². The van der Waals surface area contributed by atoms with Gasteiger partial charge in [-0.1, -0.05) is 29.8 Å². The van der Waals surface area contributed by atoms with E-state index in [2.05, 4.69) is 52.2 Å². The average molecular weight is 598 g/mol. The zero-order chi connectivity index (χ0) is 25.5. The second kappa shape index (κ2) is 11.9. The van der Waals surface area contributed by atoms with Crippen molar-refractivity contribution in [2.24, 2.45) is 5.10 Å². The van der Waals surface area contributed by atoms with Crippen LogP contribution >= 0.6 is 22.6 Å². The summed E-state index contributed by atoms with van der Waals surface area (Å²) >= 11 is 2.21. The summed E-state index contributed by atoms with van der Waals surface area (Å²) in [4.78, 5) is 12.6. The molecule has 8 heteroatoms. The minimum absolute atomic E-state index is 0.167. The van der Waals surface area contributed by atoms with Crippen LogP contribution in [0.2, 0.25) is 0 Å². The van der Waals surface area contributed by atoms with Crippen molar-refractivity contribution >= 4 is 45.7 Å². The lowest BCUT2D eigenvalue weighted by atomic mass is 10.1. The van der Waals surface area contributed by atoms with Crippen LogP contribution in [-0.4, -0.2) is 25.3 Å². The second-order valence-corrected chi connectivity index (χ2v) is 9.15. The van der Waals surface area contributed by atoms with Crippen molar-refractivity contribution in [3.05, 3.63) is 86.7 Å². The first-order valence-electron chi connectivity index (χ1n) is 11.6. The number of amides is 1. The van der Waals surface area contributed by atoms with Crippen LogP contribution in [0.5, 0.6) is 17.2 Å². The number of hydrogen-bond donors (Lipinski definition) is 1. The molecule has 0 unspecified atom stereocenters. The van der Waals surface area contributed by atoms with Gasteiger partial charge in [0, 0.05) is 5.39 Å². The van der Waals surface area contributed by atoms with Crippen molar-refractivity contribution in [2.75, 3.05) is 13.2 Å². The maximum atomic E-state index is 12.6. The summed E-state index contributed by atoms with van der Waals surface area (Å²) in [5, 5.41) is 4.89. The lowest BCUT2D eigenvalue weighted by Crippen LogP contribution is -2.16. The quantitative estimate of drug-likeness (QED) is 0.128. The number of nitrogens with zero attached hydrogens (tertiary/aromatic N) is 1. The Morgan fingerprint density at radius 2 is 1.86 bits per heavy atom.